The highest BCUT2D eigenvalue weighted by atomic mass is 16.5. The van der Waals surface area contributed by atoms with Gasteiger partial charge in [-0.15, -0.1) is 0 Å². The lowest BCUT2D eigenvalue weighted by atomic mass is 10.0. The van der Waals surface area contributed by atoms with Crippen molar-refractivity contribution in [3.63, 3.8) is 0 Å². The second-order valence-corrected chi connectivity index (χ2v) is 4.24. The van der Waals surface area contributed by atoms with Gasteiger partial charge in [-0.05, 0) is 24.3 Å². The van der Waals surface area contributed by atoms with Gasteiger partial charge in [0.2, 0.25) is 5.78 Å². The van der Waals surface area contributed by atoms with Crippen LogP contribution >= 0.6 is 0 Å². The quantitative estimate of drug-likeness (QED) is 0.517. The lowest BCUT2D eigenvalue weighted by Crippen LogP contribution is -2.04. The number of ketones is 1. The topological polar surface area (TPSA) is 62.1 Å². The number of anilines is 1. The molecule has 0 unspecified atom stereocenters. The molecular formula is C17H14N2O2. The van der Waals surface area contributed by atoms with Crippen LogP contribution in [0, 0.1) is 11.3 Å². The number of benzene rings is 2. The fourth-order valence-electron chi connectivity index (χ4n) is 1.76. The fraction of sp³-hybridized carbons (Fsp3) is 0.0588. The first-order valence-corrected chi connectivity index (χ1v) is 6.35. The summed E-state index contributed by atoms with van der Waals surface area (Å²) >= 11 is 0. The van der Waals surface area contributed by atoms with E-state index in [1.165, 1.54) is 13.3 Å². The summed E-state index contributed by atoms with van der Waals surface area (Å²) in [5, 5.41) is 12.1. The van der Waals surface area contributed by atoms with Crippen molar-refractivity contribution in [3.05, 3.63) is 71.9 Å². The number of ether oxygens (including phenoxy) is 1. The van der Waals surface area contributed by atoms with Crippen LogP contribution in [0.4, 0.5) is 5.69 Å². The van der Waals surface area contributed by atoms with Gasteiger partial charge in [-0.3, -0.25) is 4.79 Å². The molecule has 0 saturated heterocycles. The van der Waals surface area contributed by atoms with Crippen LogP contribution in [-0.4, -0.2) is 12.9 Å². The van der Waals surface area contributed by atoms with E-state index in [2.05, 4.69) is 5.32 Å². The molecule has 0 radical (unpaired) electrons. The zero-order valence-electron chi connectivity index (χ0n) is 11.5. The largest absolute Gasteiger partial charge is 0.497 e. The van der Waals surface area contributed by atoms with E-state index < -0.39 is 0 Å². The Morgan fingerprint density at radius 3 is 2.62 bits per heavy atom. The summed E-state index contributed by atoms with van der Waals surface area (Å²) in [4.78, 5) is 12.3. The third kappa shape index (κ3) is 3.71. The van der Waals surface area contributed by atoms with Crippen LogP contribution in [0.5, 0.6) is 5.75 Å². The number of allylic oxidation sites excluding steroid dienone is 1. The number of para-hydroxylation sites is 1. The second-order valence-electron chi connectivity index (χ2n) is 4.24. The minimum atomic E-state index is -0.347. The number of nitrogens with one attached hydrogen (secondary N) is 1. The number of nitriles is 1. The van der Waals surface area contributed by atoms with Crippen LogP contribution in [0.15, 0.2) is 66.4 Å². The molecule has 0 aliphatic carbocycles. The molecule has 1 N–H and O–H groups in total. The van der Waals surface area contributed by atoms with Crippen LogP contribution in [0.2, 0.25) is 0 Å². The van der Waals surface area contributed by atoms with Crippen LogP contribution in [0.3, 0.4) is 0 Å². The van der Waals surface area contributed by atoms with E-state index in [9.17, 15) is 4.79 Å². The molecule has 0 aromatic heterocycles. The molecule has 0 spiro atoms. The molecule has 104 valence electrons. The Balaban J connectivity index is 2.20. The number of Topliss-reactive ketones (excluding diaryl/α,β-unsaturated/α-hetero) is 1. The van der Waals surface area contributed by atoms with E-state index in [4.69, 9.17) is 10.00 Å². The Morgan fingerprint density at radius 1 is 1.19 bits per heavy atom. The first kappa shape index (κ1) is 14.4. The maximum Gasteiger partial charge on any atom is 0.205 e. The lowest BCUT2D eigenvalue weighted by molar-refractivity contribution is 0.103. The number of carbonyl (C=O) groups is 1. The molecule has 0 atom stereocenters. The predicted molar refractivity (Wildman–Crippen MR) is 81.1 cm³/mol. The van der Waals surface area contributed by atoms with Crippen LogP contribution in [-0.2, 0) is 0 Å². The zero-order valence-corrected chi connectivity index (χ0v) is 11.5. The van der Waals surface area contributed by atoms with Crippen molar-refractivity contribution in [2.75, 3.05) is 12.4 Å². The molecular weight excluding hydrogens is 264 g/mol. The molecule has 4 nitrogen and oxygen atoms in total. The van der Waals surface area contributed by atoms with E-state index >= 15 is 0 Å². The first-order chi connectivity index (χ1) is 10.2. The third-order valence-electron chi connectivity index (χ3n) is 2.85. The molecule has 0 bridgehead atoms. The number of carbonyl (C=O) groups excluding carboxylic acids is 1. The summed E-state index contributed by atoms with van der Waals surface area (Å²) in [5.41, 5.74) is 1.26. The highest BCUT2D eigenvalue weighted by Crippen LogP contribution is 2.16. The smallest absolute Gasteiger partial charge is 0.205 e. The van der Waals surface area contributed by atoms with Gasteiger partial charge >= 0.3 is 0 Å². The van der Waals surface area contributed by atoms with Crippen molar-refractivity contribution in [1.29, 1.82) is 5.26 Å². The molecule has 0 amide bonds. The maximum atomic E-state index is 12.3. The normalized spacial score (nSPS) is 10.6. The predicted octanol–water partition coefficient (Wildman–Crippen LogP) is 3.40. The lowest BCUT2D eigenvalue weighted by Gasteiger charge is -2.04. The van der Waals surface area contributed by atoms with Gasteiger partial charge in [0.25, 0.3) is 0 Å². The summed E-state index contributed by atoms with van der Waals surface area (Å²) < 4.78 is 5.08. The molecule has 4 heteroatoms. The third-order valence-corrected chi connectivity index (χ3v) is 2.85. The van der Waals surface area contributed by atoms with Crippen molar-refractivity contribution in [1.82, 2.24) is 0 Å². The number of hydrogen-bond donors (Lipinski definition) is 1. The van der Waals surface area contributed by atoms with Gasteiger partial charge < -0.3 is 10.1 Å². The Morgan fingerprint density at radius 2 is 1.95 bits per heavy atom. The van der Waals surface area contributed by atoms with Gasteiger partial charge in [0.15, 0.2) is 0 Å². The van der Waals surface area contributed by atoms with E-state index in [0.717, 1.165) is 5.69 Å². The Hall–Kier alpha value is -3.06. The van der Waals surface area contributed by atoms with Crippen LogP contribution < -0.4 is 10.1 Å². The summed E-state index contributed by atoms with van der Waals surface area (Å²) in [6, 6.07) is 18.0. The molecule has 2 aromatic rings. The molecule has 0 aliphatic heterocycles. The molecule has 0 fully saturated rings. The van der Waals surface area contributed by atoms with E-state index in [0.29, 0.717) is 11.3 Å². The van der Waals surface area contributed by atoms with Crippen molar-refractivity contribution >= 4 is 11.5 Å². The van der Waals surface area contributed by atoms with Crippen molar-refractivity contribution in [2.45, 2.75) is 0 Å². The van der Waals surface area contributed by atoms with Crippen LogP contribution in [0.25, 0.3) is 0 Å². The van der Waals surface area contributed by atoms with Crippen molar-refractivity contribution in [3.8, 4) is 11.8 Å². The van der Waals surface area contributed by atoms with Gasteiger partial charge in [-0.25, -0.2) is 0 Å². The van der Waals surface area contributed by atoms with Gasteiger partial charge in [0.1, 0.15) is 17.4 Å². The Kier molecular flexibility index (Phi) is 4.73. The molecule has 0 heterocycles. The Bertz CT molecular complexity index is 700. The first-order valence-electron chi connectivity index (χ1n) is 6.35. The molecule has 2 rings (SSSR count). The summed E-state index contributed by atoms with van der Waals surface area (Å²) in [6.07, 6.45) is 1.41. The monoisotopic (exact) mass is 278 g/mol. The highest BCUT2D eigenvalue weighted by molar-refractivity contribution is 6.11. The zero-order chi connectivity index (χ0) is 15.1. The number of hydrogen-bond acceptors (Lipinski definition) is 4. The van der Waals surface area contributed by atoms with E-state index in [1.807, 2.05) is 36.4 Å². The summed E-state index contributed by atoms with van der Waals surface area (Å²) in [5.74, 6) is 0.231. The van der Waals surface area contributed by atoms with Gasteiger partial charge in [0.05, 0.1) is 7.11 Å². The van der Waals surface area contributed by atoms with Crippen LogP contribution in [0.1, 0.15) is 10.4 Å². The average Bonchev–Trinajstić information content (AvgIpc) is 2.56. The van der Waals surface area contributed by atoms with Crippen molar-refractivity contribution < 1.29 is 9.53 Å². The summed E-state index contributed by atoms with van der Waals surface area (Å²) in [6.45, 7) is 0. The average molecular weight is 278 g/mol. The summed E-state index contributed by atoms with van der Waals surface area (Å²) in [7, 11) is 1.53. The fourth-order valence-corrected chi connectivity index (χ4v) is 1.76. The SMILES string of the molecule is COc1cccc(C(=O)C(C#N)=CNc2ccccc2)c1. The molecule has 0 aliphatic rings. The molecule has 0 saturated carbocycles. The minimum Gasteiger partial charge on any atom is -0.497 e. The maximum absolute atomic E-state index is 12.3. The number of rotatable bonds is 5. The standard InChI is InChI=1S/C17H14N2O2/c1-21-16-9-5-6-13(10-16)17(20)14(11-18)12-19-15-7-3-2-4-8-15/h2-10,12,19H,1H3. The van der Waals surface area contributed by atoms with E-state index in [1.54, 1.807) is 24.3 Å². The minimum absolute atomic E-state index is 0.0344. The van der Waals surface area contributed by atoms with Gasteiger partial charge in [-0.2, -0.15) is 5.26 Å². The number of nitrogens with zero attached hydrogens (tertiary/aromatic N) is 1. The highest BCUT2D eigenvalue weighted by Gasteiger charge is 2.12. The molecule has 2 aromatic carbocycles. The molecule has 21 heavy (non-hydrogen) atoms. The second kappa shape index (κ2) is 6.92. The van der Waals surface area contributed by atoms with Gasteiger partial charge in [0, 0.05) is 17.5 Å². The van der Waals surface area contributed by atoms with Crippen molar-refractivity contribution in [2.24, 2.45) is 0 Å². The van der Waals surface area contributed by atoms with E-state index in [-0.39, 0.29) is 11.4 Å². The van der Waals surface area contributed by atoms with Gasteiger partial charge in [-0.1, -0.05) is 30.3 Å². The number of methoxy groups -OCH3 is 1. The Labute approximate surface area is 123 Å².